The van der Waals surface area contributed by atoms with Gasteiger partial charge in [0.2, 0.25) is 0 Å². The number of fused-ring (bicyclic) bond motifs is 3. The summed E-state index contributed by atoms with van der Waals surface area (Å²) < 4.78 is 16.8. The van der Waals surface area contributed by atoms with Gasteiger partial charge in [-0.15, -0.1) is 0 Å². The number of benzene rings is 4. The van der Waals surface area contributed by atoms with E-state index >= 15 is 0 Å². The second kappa shape index (κ2) is 10.2. The monoisotopic (exact) mass is 495 g/mol. The minimum Gasteiger partial charge on any atom is -0.493 e. The van der Waals surface area contributed by atoms with Gasteiger partial charge in [-0.2, -0.15) is 5.10 Å². The first kappa shape index (κ1) is 23.6. The number of ether oxygens (including phenoxy) is 2. The molecule has 0 saturated heterocycles. The van der Waals surface area contributed by atoms with Crippen LogP contribution in [0.5, 0.6) is 11.5 Å². The lowest BCUT2D eigenvalue weighted by Gasteiger charge is -2.12. The number of nitro benzene ring substituents is 1. The van der Waals surface area contributed by atoms with E-state index in [0.717, 1.165) is 21.7 Å². The van der Waals surface area contributed by atoms with Crippen molar-refractivity contribution in [2.45, 2.75) is 6.61 Å². The van der Waals surface area contributed by atoms with Crippen LogP contribution in [-0.2, 0) is 6.61 Å². The van der Waals surface area contributed by atoms with Gasteiger partial charge in [-0.25, -0.2) is 5.43 Å². The Bertz CT molecular complexity index is 1640. The maximum absolute atomic E-state index is 12.7. The van der Waals surface area contributed by atoms with E-state index in [9.17, 15) is 14.9 Å². The molecule has 0 atom stereocenters. The molecule has 9 heteroatoms. The quantitative estimate of drug-likeness (QED) is 0.164. The zero-order chi connectivity index (χ0) is 25.8. The zero-order valence-corrected chi connectivity index (χ0v) is 19.7. The van der Waals surface area contributed by atoms with Crippen LogP contribution in [0.15, 0.2) is 94.4 Å². The maximum Gasteiger partial charge on any atom is 0.307 e. The summed E-state index contributed by atoms with van der Waals surface area (Å²) in [7, 11) is 1.44. The van der Waals surface area contributed by atoms with Gasteiger partial charge in [-0.05, 0) is 34.5 Å². The molecular weight excluding hydrogens is 474 g/mol. The lowest BCUT2D eigenvalue weighted by Crippen LogP contribution is -2.16. The van der Waals surface area contributed by atoms with E-state index in [-0.39, 0.29) is 29.4 Å². The van der Waals surface area contributed by atoms with Crippen LogP contribution in [0.3, 0.4) is 0 Å². The van der Waals surface area contributed by atoms with Gasteiger partial charge in [-0.1, -0.05) is 60.7 Å². The van der Waals surface area contributed by atoms with Gasteiger partial charge in [0.25, 0.3) is 5.69 Å². The van der Waals surface area contributed by atoms with Crippen molar-refractivity contribution in [2.24, 2.45) is 5.10 Å². The minimum absolute atomic E-state index is 0.0697. The van der Waals surface area contributed by atoms with E-state index in [2.05, 4.69) is 10.5 Å². The topological polar surface area (TPSA) is 116 Å². The smallest absolute Gasteiger partial charge is 0.307 e. The summed E-state index contributed by atoms with van der Waals surface area (Å²) in [5.74, 6) is -0.0126. The van der Waals surface area contributed by atoms with Crippen LogP contribution in [0.1, 0.15) is 21.7 Å². The van der Waals surface area contributed by atoms with Crippen molar-refractivity contribution in [2.75, 3.05) is 7.11 Å². The summed E-state index contributed by atoms with van der Waals surface area (Å²) >= 11 is 0. The number of carbonyl (C=O) groups is 1. The molecule has 5 rings (SSSR count). The van der Waals surface area contributed by atoms with Crippen molar-refractivity contribution >= 4 is 39.6 Å². The Labute approximate surface area is 211 Å². The number of methoxy groups -OCH3 is 1. The first-order valence-corrected chi connectivity index (χ1v) is 11.3. The molecular formula is C28H21N3O6. The number of nitro groups is 1. The largest absolute Gasteiger partial charge is 0.493 e. The first-order valence-electron chi connectivity index (χ1n) is 11.3. The fourth-order valence-corrected chi connectivity index (χ4v) is 3.95. The predicted molar refractivity (Wildman–Crippen MR) is 139 cm³/mol. The van der Waals surface area contributed by atoms with Crippen LogP contribution in [0, 0.1) is 10.1 Å². The van der Waals surface area contributed by atoms with Crippen molar-refractivity contribution in [1.82, 2.24) is 5.43 Å². The van der Waals surface area contributed by atoms with E-state index in [1.807, 2.05) is 60.7 Å². The van der Waals surface area contributed by atoms with E-state index in [4.69, 9.17) is 13.9 Å². The van der Waals surface area contributed by atoms with Crippen molar-refractivity contribution in [3.05, 3.63) is 112 Å². The number of furan rings is 1. The molecule has 0 aliphatic carbocycles. The molecule has 37 heavy (non-hydrogen) atoms. The molecule has 4 aromatic carbocycles. The lowest BCUT2D eigenvalue weighted by atomic mass is 10.1. The first-order chi connectivity index (χ1) is 18.0. The Balaban J connectivity index is 1.36. The summed E-state index contributed by atoms with van der Waals surface area (Å²) in [4.78, 5) is 23.8. The Morgan fingerprint density at radius 1 is 1.00 bits per heavy atom. The predicted octanol–water partition coefficient (Wildman–Crippen LogP) is 5.85. The third-order valence-electron chi connectivity index (χ3n) is 5.77. The number of hydrazone groups is 1. The molecule has 0 aliphatic heterocycles. The molecule has 1 N–H and O–H groups in total. The van der Waals surface area contributed by atoms with Gasteiger partial charge in [0.15, 0.2) is 17.3 Å². The molecule has 1 heterocycles. The van der Waals surface area contributed by atoms with Crippen LogP contribution in [0.4, 0.5) is 5.69 Å². The van der Waals surface area contributed by atoms with Crippen molar-refractivity contribution in [3.63, 3.8) is 0 Å². The molecule has 184 valence electrons. The van der Waals surface area contributed by atoms with Crippen LogP contribution >= 0.6 is 0 Å². The average Bonchev–Trinajstić information content (AvgIpc) is 3.37. The Kier molecular flexibility index (Phi) is 6.50. The van der Waals surface area contributed by atoms with Gasteiger partial charge in [0.05, 0.1) is 29.9 Å². The van der Waals surface area contributed by atoms with E-state index in [1.165, 1.54) is 25.5 Å². The molecule has 9 nitrogen and oxygen atoms in total. The average molecular weight is 495 g/mol. The van der Waals surface area contributed by atoms with E-state index in [1.54, 1.807) is 12.1 Å². The Morgan fingerprint density at radius 2 is 1.78 bits per heavy atom. The van der Waals surface area contributed by atoms with Crippen LogP contribution in [0.2, 0.25) is 0 Å². The fourth-order valence-electron chi connectivity index (χ4n) is 3.95. The molecule has 0 fully saturated rings. The molecule has 0 aliphatic rings. The number of hydrogen-bond acceptors (Lipinski definition) is 7. The number of nitrogens with zero attached hydrogens (tertiary/aromatic N) is 2. The second-order valence-corrected chi connectivity index (χ2v) is 8.10. The molecule has 0 bridgehead atoms. The second-order valence-electron chi connectivity index (χ2n) is 8.10. The third-order valence-corrected chi connectivity index (χ3v) is 5.77. The molecule has 5 aromatic rings. The maximum atomic E-state index is 12.7. The normalized spacial score (nSPS) is 11.2. The van der Waals surface area contributed by atoms with Crippen molar-refractivity contribution in [3.8, 4) is 11.5 Å². The van der Waals surface area contributed by atoms with Crippen LogP contribution in [-0.4, -0.2) is 24.2 Å². The number of carbonyl (C=O) groups excluding carboxylic acids is 1. The molecule has 0 spiro atoms. The standard InChI is InChI=1S/C28H21N3O6/c1-35-25-13-20(23(31(33)34)15-26(25)36-17-18-7-3-2-4-8-18)16-29-30-28(32)27-14-22-21-10-6-5-9-19(21)11-12-24(22)37-27/h2-16H,17H2,1H3,(H,30,32)/b29-16+. The summed E-state index contributed by atoms with van der Waals surface area (Å²) in [6.45, 7) is 0.213. The number of amides is 1. The van der Waals surface area contributed by atoms with Gasteiger partial charge in [0, 0.05) is 5.39 Å². The summed E-state index contributed by atoms with van der Waals surface area (Å²) in [5.41, 5.74) is 3.71. The zero-order valence-electron chi connectivity index (χ0n) is 19.7. The molecule has 0 radical (unpaired) electrons. The fraction of sp³-hybridized carbons (Fsp3) is 0.0714. The highest BCUT2D eigenvalue weighted by molar-refractivity contribution is 6.08. The molecule has 0 unspecified atom stereocenters. The highest BCUT2D eigenvalue weighted by atomic mass is 16.6. The van der Waals surface area contributed by atoms with Gasteiger partial charge in [-0.3, -0.25) is 14.9 Å². The summed E-state index contributed by atoms with van der Waals surface area (Å²) in [5, 5.41) is 18.4. The van der Waals surface area contributed by atoms with Crippen molar-refractivity contribution < 1.29 is 23.6 Å². The molecule has 1 aromatic heterocycles. The number of hydrogen-bond donors (Lipinski definition) is 1. The minimum atomic E-state index is -0.589. The number of nitrogens with one attached hydrogen (secondary N) is 1. The van der Waals surface area contributed by atoms with Gasteiger partial charge in [0.1, 0.15) is 12.2 Å². The highest BCUT2D eigenvalue weighted by Crippen LogP contribution is 2.34. The van der Waals surface area contributed by atoms with E-state index in [0.29, 0.717) is 11.3 Å². The number of rotatable bonds is 8. The SMILES string of the molecule is COc1cc(/C=N/NC(=O)c2cc3c(ccc4ccccc43)o2)c([N+](=O)[O-])cc1OCc1ccccc1. The van der Waals surface area contributed by atoms with Crippen LogP contribution in [0.25, 0.3) is 21.7 Å². The highest BCUT2D eigenvalue weighted by Gasteiger charge is 2.19. The van der Waals surface area contributed by atoms with Gasteiger partial charge >= 0.3 is 5.91 Å². The lowest BCUT2D eigenvalue weighted by molar-refractivity contribution is -0.385. The van der Waals surface area contributed by atoms with Crippen molar-refractivity contribution in [1.29, 1.82) is 0 Å². The third kappa shape index (κ3) is 4.96. The summed E-state index contributed by atoms with van der Waals surface area (Å²) in [6, 6.07) is 25.3. The summed E-state index contributed by atoms with van der Waals surface area (Å²) in [6.07, 6.45) is 1.18. The Morgan fingerprint density at radius 3 is 2.57 bits per heavy atom. The molecule has 0 saturated carbocycles. The molecule has 1 amide bonds. The van der Waals surface area contributed by atoms with Gasteiger partial charge < -0.3 is 13.9 Å². The van der Waals surface area contributed by atoms with E-state index < -0.39 is 10.8 Å². The van der Waals surface area contributed by atoms with Crippen LogP contribution < -0.4 is 14.9 Å². The Hall–Kier alpha value is -5.18.